The Balaban J connectivity index is 1.86. The van der Waals surface area contributed by atoms with Gasteiger partial charge in [-0.2, -0.15) is 0 Å². The second-order valence-electron chi connectivity index (χ2n) is 5.14. The maximum atomic E-state index is 12.1. The molecule has 0 spiro atoms. The van der Waals surface area contributed by atoms with E-state index in [9.17, 15) is 18.3 Å². The summed E-state index contributed by atoms with van der Waals surface area (Å²) >= 11 is 0. The van der Waals surface area contributed by atoms with Crippen molar-refractivity contribution in [2.75, 3.05) is 12.4 Å². The number of carbonyl (C=O) groups excluding carboxylic acids is 1. The van der Waals surface area contributed by atoms with E-state index in [2.05, 4.69) is 0 Å². The van der Waals surface area contributed by atoms with Gasteiger partial charge in [0, 0.05) is 0 Å². The summed E-state index contributed by atoms with van der Waals surface area (Å²) in [4.78, 5) is 12.0. The standard InChI is InChI=1S/C17H18O5S/c1-13-7-9-14(10-8-13)23(20,21)12-4-11-22-17(19)15-5-2-3-6-16(15)18/h2-3,5-10,18H,4,11-12H2,1H3. The Morgan fingerprint density at radius 3 is 2.39 bits per heavy atom. The number of carbonyl (C=O) groups is 1. The van der Waals surface area contributed by atoms with Crippen molar-refractivity contribution in [3.05, 3.63) is 59.7 Å². The number of esters is 1. The Kier molecular flexibility index (Phi) is 5.39. The molecular weight excluding hydrogens is 316 g/mol. The van der Waals surface area contributed by atoms with Crippen LogP contribution in [0.15, 0.2) is 53.4 Å². The number of sulfone groups is 1. The number of aryl methyl sites for hydroxylation is 1. The lowest BCUT2D eigenvalue weighted by Crippen LogP contribution is -2.12. The maximum absolute atomic E-state index is 12.1. The molecule has 0 unspecified atom stereocenters. The predicted octanol–water partition coefficient (Wildman–Crippen LogP) is 2.72. The van der Waals surface area contributed by atoms with Gasteiger partial charge in [-0.1, -0.05) is 29.8 Å². The fourth-order valence-electron chi connectivity index (χ4n) is 2.00. The highest BCUT2D eigenvalue weighted by molar-refractivity contribution is 7.91. The summed E-state index contributed by atoms with van der Waals surface area (Å²) in [7, 11) is -3.39. The smallest absolute Gasteiger partial charge is 0.341 e. The van der Waals surface area contributed by atoms with Crippen molar-refractivity contribution >= 4 is 15.8 Å². The zero-order chi connectivity index (χ0) is 16.9. The minimum absolute atomic E-state index is 0.0295. The number of benzene rings is 2. The highest BCUT2D eigenvalue weighted by atomic mass is 32.2. The molecule has 2 rings (SSSR count). The Hall–Kier alpha value is -2.34. The highest BCUT2D eigenvalue weighted by Gasteiger charge is 2.15. The average Bonchev–Trinajstić information content (AvgIpc) is 2.52. The summed E-state index contributed by atoms with van der Waals surface area (Å²) < 4.78 is 29.3. The monoisotopic (exact) mass is 334 g/mol. The first-order valence-corrected chi connectivity index (χ1v) is 8.80. The summed E-state index contributed by atoms with van der Waals surface area (Å²) in [6.45, 7) is 1.85. The fraction of sp³-hybridized carbons (Fsp3) is 0.235. The van der Waals surface area contributed by atoms with Gasteiger partial charge in [-0.15, -0.1) is 0 Å². The van der Waals surface area contributed by atoms with Crippen LogP contribution >= 0.6 is 0 Å². The minimum atomic E-state index is -3.39. The SMILES string of the molecule is Cc1ccc(S(=O)(=O)CCCOC(=O)c2ccccc2O)cc1. The van der Waals surface area contributed by atoms with Crippen LogP contribution < -0.4 is 0 Å². The number of aromatic hydroxyl groups is 1. The van der Waals surface area contributed by atoms with Crippen molar-refractivity contribution in [1.82, 2.24) is 0 Å². The zero-order valence-electron chi connectivity index (χ0n) is 12.7. The van der Waals surface area contributed by atoms with E-state index in [1.54, 1.807) is 36.4 Å². The van der Waals surface area contributed by atoms with Crippen molar-refractivity contribution in [2.24, 2.45) is 0 Å². The molecule has 6 heteroatoms. The van der Waals surface area contributed by atoms with Crippen LogP contribution in [0.5, 0.6) is 5.75 Å². The molecule has 1 N–H and O–H groups in total. The Labute approximate surface area is 135 Å². The number of hydrogen-bond donors (Lipinski definition) is 1. The molecule has 0 aromatic heterocycles. The Morgan fingerprint density at radius 1 is 1.09 bits per heavy atom. The first-order valence-electron chi connectivity index (χ1n) is 7.15. The lowest BCUT2D eigenvalue weighted by atomic mass is 10.2. The van der Waals surface area contributed by atoms with Crippen LogP contribution in [0.4, 0.5) is 0 Å². The van der Waals surface area contributed by atoms with E-state index < -0.39 is 15.8 Å². The lowest BCUT2D eigenvalue weighted by Gasteiger charge is -2.07. The number of phenolic OH excluding ortho intramolecular Hbond substituents is 1. The average molecular weight is 334 g/mol. The second kappa shape index (κ2) is 7.28. The summed E-state index contributed by atoms with van der Waals surface area (Å²) in [5.74, 6) is -0.940. The van der Waals surface area contributed by atoms with Gasteiger partial charge in [0.2, 0.25) is 0 Å². The maximum Gasteiger partial charge on any atom is 0.341 e. The van der Waals surface area contributed by atoms with Crippen LogP contribution in [0.2, 0.25) is 0 Å². The zero-order valence-corrected chi connectivity index (χ0v) is 13.5. The Bertz CT molecular complexity index is 779. The van der Waals surface area contributed by atoms with E-state index >= 15 is 0 Å². The molecule has 0 aliphatic carbocycles. The van der Waals surface area contributed by atoms with Crippen molar-refractivity contribution in [3.8, 4) is 5.75 Å². The van der Waals surface area contributed by atoms with Gasteiger partial charge >= 0.3 is 5.97 Å². The minimum Gasteiger partial charge on any atom is -0.507 e. The number of rotatable bonds is 6. The first-order chi connectivity index (χ1) is 10.9. The molecule has 0 aliphatic heterocycles. The molecule has 0 saturated carbocycles. The Morgan fingerprint density at radius 2 is 1.74 bits per heavy atom. The van der Waals surface area contributed by atoms with Crippen LogP contribution in [-0.2, 0) is 14.6 Å². The normalized spacial score (nSPS) is 11.2. The molecule has 2 aromatic carbocycles. The summed E-state index contributed by atoms with van der Waals surface area (Å²) in [5, 5.41) is 9.54. The van der Waals surface area contributed by atoms with E-state index in [0.717, 1.165) is 5.56 Å². The summed E-state index contributed by atoms with van der Waals surface area (Å²) in [6, 6.07) is 12.7. The van der Waals surface area contributed by atoms with Crippen LogP contribution in [0.1, 0.15) is 22.3 Å². The topological polar surface area (TPSA) is 80.7 Å². The number of para-hydroxylation sites is 1. The van der Waals surface area contributed by atoms with Crippen LogP contribution in [0, 0.1) is 6.92 Å². The van der Waals surface area contributed by atoms with Crippen LogP contribution in [-0.4, -0.2) is 31.9 Å². The molecule has 0 saturated heterocycles. The molecule has 0 bridgehead atoms. The van der Waals surface area contributed by atoms with E-state index in [4.69, 9.17) is 4.74 Å². The summed E-state index contributed by atoms with van der Waals surface area (Å²) in [6.07, 6.45) is 0.190. The first kappa shape index (κ1) is 17.0. The molecule has 2 aromatic rings. The molecule has 0 aliphatic rings. The van der Waals surface area contributed by atoms with Gasteiger partial charge < -0.3 is 9.84 Å². The third-order valence-corrected chi connectivity index (χ3v) is 5.11. The van der Waals surface area contributed by atoms with Gasteiger partial charge in [0.05, 0.1) is 17.3 Å². The number of hydrogen-bond acceptors (Lipinski definition) is 5. The molecule has 23 heavy (non-hydrogen) atoms. The molecule has 0 heterocycles. The lowest BCUT2D eigenvalue weighted by molar-refractivity contribution is 0.0502. The molecule has 0 fully saturated rings. The van der Waals surface area contributed by atoms with Gasteiger partial charge in [0.15, 0.2) is 9.84 Å². The number of phenols is 1. The van der Waals surface area contributed by atoms with Gasteiger partial charge in [-0.3, -0.25) is 0 Å². The fourth-order valence-corrected chi connectivity index (χ4v) is 3.29. The molecule has 0 amide bonds. The number of ether oxygens (including phenoxy) is 1. The van der Waals surface area contributed by atoms with E-state index in [1.807, 2.05) is 6.92 Å². The van der Waals surface area contributed by atoms with Crippen molar-refractivity contribution < 1.29 is 23.1 Å². The van der Waals surface area contributed by atoms with E-state index in [-0.39, 0.29) is 35.0 Å². The van der Waals surface area contributed by atoms with Crippen molar-refractivity contribution in [2.45, 2.75) is 18.2 Å². The molecular formula is C17H18O5S. The van der Waals surface area contributed by atoms with Crippen molar-refractivity contribution in [1.29, 1.82) is 0 Å². The van der Waals surface area contributed by atoms with Crippen LogP contribution in [0.25, 0.3) is 0 Å². The van der Waals surface area contributed by atoms with E-state index in [1.165, 1.54) is 12.1 Å². The van der Waals surface area contributed by atoms with E-state index in [0.29, 0.717) is 0 Å². The molecule has 5 nitrogen and oxygen atoms in total. The summed E-state index contributed by atoms with van der Waals surface area (Å²) in [5.41, 5.74) is 1.05. The third kappa shape index (κ3) is 4.56. The van der Waals surface area contributed by atoms with Gasteiger partial charge in [0.25, 0.3) is 0 Å². The van der Waals surface area contributed by atoms with Crippen LogP contribution in [0.3, 0.4) is 0 Å². The van der Waals surface area contributed by atoms with Gasteiger partial charge in [0.1, 0.15) is 11.3 Å². The molecule has 0 atom stereocenters. The molecule has 122 valence electrons. The predicted molar refractivity (Wildman–Crippen MR) is 86.2 cm³/mol. The third-order valence-electron chi connectivity index (χ3n) is 3.29. The van der Waals surface area contributed by atoms with Gasteiger partial charge in [-0.25, -0.2) is 13.2 Å². The highest BCUT2D eigenvalue weighted by Crippen LogP contribution is 2.17. The van der Waals surface area contributed by atoms with Gasteiger partial charge in [-0.05, 0) is 37.6 Å². The quantitative estimate of drug-likeness (QED) is 0.649. The largest absolute Gasteiger partial charge is 0.507 e. The second-order valence-corrected chi connectivity index (χ2v) is 7.25. The van der Waals surface area contributed by atoms with Crippen molar-refractivity contribution in [3.63, 3.8) is 0 Å². The molecule has 0 radical (unpaired) electrons.